The molecule has 2 heterocycles. The fourth-order valence-electron chi connectivity index (χ4n) is 2.92. The molecule has 1 fully saturated rings. The van der Waals surface area contributed by atoms with Crippen LogP contribution in [-0.2, 0) is 4.79 Å². The SMILES string of the molecule is O=C(Nc1nc2ccc(Cl)cc2s1)N1CCN(c2ccc(Cl)cc2Cl)C(=O)C1. The number of fused-ring (bicyclic) bond motifs is 1. The van der Waals surface area contributed by atoms with Crippen molar-refractivity contribution in [2.24, 2.45) is 0 Å². The van der Waals surface area contributed by atoms with Gasteiger partial charge in [-0.1, -0.05) is 46.1 Å². The number of rotatable bonds is 2. The summed E-state index contributed by atoms with van der Waals surface area (Å²) >= 11 is 19.4. The molecule has 1 saturated heterocycles. The molecule has 3 amide bonds. The summed E-state index contributed by atoms with van der Waals surface area (Å²) in [5.74, 6) is -0.221. The molecular formula is C18H13Cl3N4O2S. The van der Waals surface area contributed by atoms with Gasteiger partial charge in [0.05, 0.1) is 20.9 Å². The highest BCUT2D eigenvalue weighted by atomic mass is 35.5. The topological polar surface area (TPSA) is 65.5 Å². The van der Waals surface area contributed by atoms with Crippen molar-refractivity contribution >= 4 is 79.1 Å². The Kier molecular flexibility index (Phi) is 5.33. The second-order valence-electron chi connectivity index (χ2n) is 6.12. The van der Waals surface area contributed by atoms with E-state index in [1.807, 2.05) is 0 Å². The number of halogens is 3. The smallest absolute Gasteiger partial charge is 0.313 e. The average molecular weight is 456 g/mol. The Morgan fingerprint density at radius 1 is 1.07 bits per heavy atom. The van der Waals surface area contributed by atoms with E-state index in [0.29, 0.717) is 39.0 Å². The minimum absolute atomic E-state index is 0.0541. The van der Waals surface area contributed by atoms with Crippen LogP contribution in [0.2, 0.25) is 15.1 Å². The van der Waals surface area contributed by atoms with Crippen LogP contribution >= 0.6 is 46.1 Å². The maximum absolute atomic E-state index is 12.6. The number of nitrogens with one attached hydrogen (secondary N) is 1. The summed E-state index contributed by atoms with van der Waals surface area (Å²) in [6, 6.07) is 9.92. The second kappa shape index (κ2) is 7.75. The van der Waals surface area contributed by atoms with Gasteiger partial charge in [0, 0.05) is 23.1 Å². The van der Waals surface area contributed by atoms with E-state index in [2.05, 4.69) is 10.3 Å². The van der Waals surface area contributed by atoms with Gasteiger partial charge in [0.2, 0.25) is 5.91 Å². The maximum Gasteiger partial charge on any atom is 0.324 e. The van der Waals surface area contributed by atoms with Crippen molar-refractivity contribution in [3.05, 3.63) is 51.5 Å². The standard InChI is InChI=1S/C18H13Cl3N4O2S/c19-10-2-4-14(12(21)7-10)25-6-5-24(9-16(25)26)18(27)23-17-22-13-3-1-11(20)8-15(13)28-17/h1-4,7-8H,5-6,9H2,(H,22,23,27). The van der Waals surface area contributed by atoms with Crippen LogP contribution in [0.4, 0.5) is 15.6 Å². The van der Waals surface area contributed by atoms with Crippen LogP contribution in [0.25, 0.3) is 10.2 Å². The first kappa shape index (κ1) is 19.3. The number of thiazole rings is 1. The molecule has 4 rings (SSSR count). The van der Waals surface area contributed by atoms with Crippen molar-refractivity contribution in [2.45, 2.75) is 0 Å². The molecule has 0 bridgehead atoms. The summed E-state index contributed by atoms with van der Waals surface area (Å²) in [7, 11) is 0. The largest absolute Gasteiger partial charge is 0.324 e. The highest BCUT2D eigenvalue weighted by molar-refractivity contribution is 7.22. The fourth-order valence-corrected chi connectivity index (χ4v) is 4.57. The summed E-state index contributed by atoms with van der Waals surface area (Å²) in [5, 5.41) is 4.71. The predicted molar refractivity (Wildman–Crippen MR) is 114 cm³/mol. The number of piperazine rings is 1. The molecular weight excluding hydrogens is 443 g/mol. The van der Waals surface area contributed by atoms with Crippen LogP contribution in [0.1, 0.15) is 0 Å². The third-order valence-electron chi connectivity index (χ3n) is 4.27. The van der Waals surface area contributed by atoms with Crippen molar-refractivity contribution in [2.75, 3.05) is 29.9 Å². The van der Waals surface area contributed by atoms with Gasteiger partial charge in [-0.05, 0) is 36.4 Å². The summed E-state index contributed by atoms with van der Waals surface area (Å²) < 4.78 is 0.876. The molecule has 0 unspecified atom stereocenters. The molecule has 0 radical (unpaired) electrons. The highest BCUT2D eigenvalue weighted by Crippen LogP contribution is 2.31. The molecule has 0 atom stereocenters. The molecule has 144 valence electrons. The number of carbonyl (C=O) groups excluding carboxylic acids is 2. The predicted octanol–water partition coefficient (Wildman–Crippen LogP) is 5.14. The van der Waals surface area contributed by atoms with E-state index in [4.69, 9.17) is 34.8 Å². The van der Waals surface area contributed by atoms with Crippen molar-refractivity contribution in [1.82, 2.24) is 9.88 Å². The highest BCUT2D eigenvalue weighted by Gasteiger charge is 2.29. The van der Waals surface area contributed by atoms with Gasteiger partial charge in [-0.2, -0.15) is 0 Å². The average Bonchev–Trinajstić information content (AvgIpc) is 3.03. The molecule has 3 aromatic rings. The van der Waals surface area contributed by atoms with Gasteiger partial charge < -0.3 is 9.80 Å². The third-order valence-corrected chi connectivity index (χ3v) is 5.98. The number of hydrogen-bond acceptors (Lipinski definition) is 4. The number of nitrogens with zero attached hydrogens (tertiary/aromatic N) is 3. The zero-order valence-corrected chi connectivity index (χ0v) is 17.4. The Hall–Kier alpha value is -2.06. The quantitative estimate of drug-likeness (QED) is 0.582. The van der Waals surface area contributed by atoms with Crippen LogP contribution in [0.3, 0.4) is 0 Å². The van der Waals surface area contributed by atoms with E-state index >= 15 is 0 Å². The first-order valence-electron chi connectivity index (χ1n) is 8.28. The van der Waals surface area contributed by atoms with Crippen molar-refractivity contribution < 1.29 is 9.59 Å². The van der Waals surface area contributed by atoms with Crippen LogP contribution in [0.5, 0.6) is 0 Å². The molecule has 1 aliphatic rings. The molecule has 0 saturated carbocycles. The molecule has 1 N–H and O–H groups in total. The van der Waals surface area contributed by atoms with Crippen LogP contribution in [0, 0.1) is 0 Å². The first-order chi connectivity index (χ1) is 13.4. The number of hydrogen-bond donors (Lipinski definition) is 1. The Bertz CT molecular complexity index is 1090. The first-order valence-corrected chi connectivity index (χ1v) is 10.2. The molecule has 0 aliphatic carbocycles. The zero-order chi connectivity index (χ0) is 19.8. The monoisotopic (exact) mass is 454 g/mol. The Morgan fingerprint density at radius 3 is 2.57 bits per heavy atom. The van der Waals surface area contributed by atoms with Crippen molar-refractivity contribution in [1.29, 1.82) is 0 Å². The minimum Gasteiger partial charge on any atom is -0.313 e. The van der Waals surface area contributed by atoms with Crippen molar-refractivity contribution in [3.8, 4) is 0 Å². The zero-order valence-electron chi connectivity index (χ0n) is 14.3. The summed E-state index contributed by atoms with van der Waals surface area (Å²) in [5.41, 5.74) is 1.34. The molecule has 10 heteroatoms. The fraction of sp³-hybridized carbons (Fsp3) is 0.167. The van der Waals surface area contributed by atoms with Gasteiger partial charge in [0.1, 0.15) is 6.54 Å². The number of anilines is 2. The van der Waals surface area contributed by atoms with Gasteiger partial charge >= 0.3 is 6.03 Å². The Labute approximate surface area is 179 Å². The number of carbonyl (C=O) groups is 2. The van der Waals surface area contributed by atoms with E-state index in [1.54, 1.807) is 41.3 Å². The molecule has 0 spiro atoms. The third kappa shape index (κ3) is 3.89. The summed E-state index contributed by atoms with van der Waals surface area (Å²) in [6.07, 6.45) is 0. The lowest BCUT2D eigenvalue weighted by atomic mass is 10.2. The van der Waals surface area contributed by atoms with Crippen LogP contribution < -0.4 is 10.2 Å². The van der Waals surface area contributed by atoms with Crippen molar-refractivity contribution in [3.63, 3.8) is 0 Å². The van der Waals surface area contributed by atoms with Gasteiger partial charge in [0.25, 0.3) is 0 Å². The van der Waals surface area contributed by atoms with Gasteiger partial charge in [-0.3, -0.25) is 10.1 Å². The van der Waals surface area contributed by atoms with Gasteiger partial charge in [-0.15, -0.1) is 0 Å². The van der Waals surface area contributed by atoms with Crippen LogP contribution in [-0.4, -0.2) is 41.5 Å². The van der Waals surface area contributed by atoms with E-state index in [-0.39, 0.29) is 18.5 Å². The van der Waals surface area contributed by atoms with E-state index in [0.717, 1.165) is 10.2 Å². The van der Waals surface area contributed by atoms with E-state index < -0.39 is 0 Å². The Balaban J connectivity index is 1.44. The summed E-state index contributed by atoms with van der Waals surface area (Å²) in [4.78, 5) is 32.5. The van der Waals surface area contributed by atoms with E-state index in [1.165, 1.54) is 16.2 Å². The van der Waals surface area contributed by atoms with Crippen LogP contribution in [0.15, 0.2) is 36.4 Å². The molecule has 2 aromatic carbocycles. The molecule has 6 nitrogen and oxygen atoms in total. The lowest BCUT2D eigenvalue weighted by Gasteiger charge is -2.34. The van der Waals surface area contributed by atoms with Gasteiger partial charge in [-0.25, -0.2) is 9.78 Å². The van der Waals surface area contributed by atoms with Gasteiger partial charge in [0.15, 0.2) is 5.13 Å². The number of aromatic nitrogens is 1. The lowest BCUT2D eigenvalue weighted by molar-refractivity contribution is -0.120. The minimum atomic E-state index is -0.375. The second-order valence-corrected chi connectivity index (χ2v) is 8.43. The maximum atomic E-state index is 12.6. The molecule has 1 aromatic heterocycles. The van der Waals surface area contributed by atoms with E-state index in [9.17, 15) is 9.59 Å². The lowest BCUT2D eigenvalue weighted by Crippen LogP contribution is -2.53. The number of benzene rings is 2. The number of amides is 3. The number of urea groups is 1. The summed E-state index contributed by atoms with van der Waals surface area (Å²) in [6.45, 7) is 0.651. The Morgan fingerprint density at radius 2 is 1.82 bits per heavy atom. The normalized spacial score (nSPS) is 14.6. The molecule has 1 aliphatic heterocycles. The molecule has 28 heavy (non-hydrogen) atoms.